The molecule has 1 N–H and O–H groups in total. The number of hydrogen-bond donors (Lipinski definition) is 1. The maximum Gasteiger partial charge on any atom is 0.432 e. The first-order chi connectivity index (χ1) is 11.2. The molecular weight excluding hydrogens is 375 g/mol. The Bertz CT molecular complexity index is 600. The molecule has 25 heavy (non-hydrogen) atoms. The number of alkyl halides is 5. The van der Waals surface area contributed by atoms with E-state index in [-0.39, 0.29) is 24.7 Å². The van der Waals surface area contributed by atoms with Crippen LogP contribution in [0, 0.1) is 23.7 Å². The zero-order valence-electron chi connectivity index (χ0n) is 13.3. The lowest BCUT2D eigenvalue weighted by Gasteiger charge is -2.41. The average molecular weight is 394 g/mol. The van der Waals surface area contributed by atoms with Crippen molar-refractivity contribution >= 4 is 16.1 Å². The van der Waals surface area contributed by atoms with Crippen molar-refractivity contribution in [2.24, 2.45) is 23.7 Å². The number of halogens is 5. The first kappa shape index (κ1) is 20.3. The van der Waals surface area contributed by atoms with E-state index in [2.05, 4.69) is 4.74 Å². The molecule has 146 valence electrons. The first-order valence-electron chi connectivity index (χ1n) is 7.83. The van der Waals surface area contributed by atoms with Crippen LogP contribution in [0.15, 0.2) is 0 Å². The van der Waals surface area contributed by atoms with Crippen LogP contribution in [0.3, 0.4) is 0 Å². The van der Waals surface area contributed by atoms with E-state index in [1.54, 1.807) is 0 Å². The van der Waals surface area contributed by atoms with Crippen molar-refractivity contribution in [3.63, 3.8) is 0 Å². The predicted octanol–water partition coefficient (Wildman–Crippen LogP) is 3.40. The molecule has 0 aromatic heterocycles. The summed E-state index contributed by atoms with van der Waals surface area (Å²) in [6.45, 7) is 2.03. The SMILES string of the molecule is CC1CC2CC(C1)CC(C(=O)OC(C(F)(F)F)C(F)(F)S(=O)(=O)O)C2. The molecule has 0 heterocycles. The van der Waals surface area contributed by atoms with Gasteiger partial charge in [-0.3, -0.25) is 9.35 Å². The molecule has 0 aromatic rings. The Morgan fingerprint density at radius 3 is 1.92 bits per heavy atom. The zero-order chi connectivity index (χ0) is 19.2. The maximum absolute atomic E-state index is 13.5. The van der Waals surface area contributed by atoms with Crippen molar-refractivity contribution in [1.82, 2.24) is 0 Å². The van der Waals surface area contributed by atoms with E-state index in [0.717, 1.165) is 19.3 Å². The molecule has 0 aliphatic heterocycles. The Morgan fingerprint density at radius 2 is 1.52 bits per heavy atom. The Labute approximate surface area is 141 Å². The summed E-state index contributed by atoms with van der Waals surface area (Å²) in [5, 5.41) is -5.68. The number of fused-ring (bicyclic) bond motifs is 2. The summed E-state index contributed by atoms with van der Waals surface area (Å²) in [7, 11) is -6.41. The fraction of sp³-hybridized carbons (Fsp3) is 0.929. The van der Waals surface area contributed by atoms with Gasteiger partial charge in [0.05, 0.1) is 5.92 Å². The second-order valence-electron chi connectivity index (χ2n) is 7.11. The molecule has 0 amide bonds. The van der Waals surface area contributed by atoms with E-state index in [0.29, 0.717) is 5.92 Å². The number of ether oxygens (including phenoxy) is 1. The first-order valence-corrected chi connectivity index (χ1v) is 9.27. The quantitative estimate of drug-likeness (QED) is 0.449. The van der Waals surface area contributed by atoms with Crippen molar-refractivity contribution in [2.45, 2.75) is 56.6 Å². The largest absolute Gasteiger partial charge is 0.444 e. The van der Waals surface area contributed by atoms with E-state index in [1.165, 1.54) is 0 Å². The highest BCUT2D eigenvalue weighted by Gasteiger charge is 2.66. The third-order valence-corrected chi connectivity index (χ3v) is 5.79. The summed E-state index contributed by atoms with van der Waals surface area (Å²) in [6.07, 6.45) is -7.23. The number of carbonyl (C=O) groups is 1. The van der Waals surface area contributed by atoms with E-state index in [9.17, 15) is 35.2 Å². The molecule has 2 saturated carbocycles. The van der Waals surface area contributed by atoms with E-state index in [1.807, 2.05) is 6.92 Å². The van der Waals surface area contributed by atoms with Gasteiger partial charge in [-0.05, 0) is 49.9 Å². The Morgan fingerprint density at radius 1 is 1.04 bits per heavy atom. The zero-order valence-corrected chi connectivity index (χ0v) is 14.1. The van der Waals surface area contributed by atoms with Gasteiger partial charge in [0, 0.05) is 0 Å². The highest BCUT2D eigenvalue weighted by Crippen LogP contribution is 2.46. The van der Waals surface area contributed by atoms with Gasteiger partial charge in [0.1, 0.15) is 0 Å². The molecule has 5 nitrogen and oxygen atoms in total. The van der Waals surface area contributed by atoms with Gasteiger partial charge in [-0.1, -0.05) is 6.92 Å². The lowest BCUT2D eigenvalue weighted by Crippen LogP contribution is -2.53. The fourth-order valence-corrected chi connectivity index (χ4v) is 4.50. The van der Waals surface area contributed by atoms with Crippen LogP contribution in [0.1, 0.15) is 39.0 Å². The summed E-state index contributed by atoms with van der Waals surface area (Å²) >= 11 is 0. The Hall–Kier alpha value is -0.970. The van der Waals surface area contributed by atoms with Crippen LogP contribution in [0.4, 0.5) is 22.0 Å². The van der Waals surface area contributed by atoms with Crippen LogP contribution in [0.25, 0.3) is 0 Å². The molecule has 2 aliphatic carbocycles. The van der Waals surface area contributed by atoms with Gasteiger partial charge < -0.3 is 4.74 Å². The molecule has 3 atom stereocenters. The minimum atomic E-state index is -6.41. The van der Waals surface area contributed by atoms with E-state index in [4.69, 9.17) is 4.55 Å². The predicted molar refractivity (Wildman–Crippen MR) is 75.1 cm³/mol. The molecule has 3 unspecified atom stereocenters. The highest BCUT2D eigenvalue weighted by molar-refractivity contribution is 7.86. The smallest absolute Gasteiger partial charge is 0.432 e. The normalized spacial score (nSPS) is 32.1. The van der Waals surface area contributed by atoms with E-state index >= 15 is 0 Å². The third-order valence-electron chi connectivity index (χ3n) is 4.89. The lowest BCUT2D eigenvalue weighted by molar-refractivity contribution is -0.261. The molecule has 0 spiro atoms. The molecule has 2 bridgehead atoms. The standard InChI is InChI=1S/C14H19F5O5S/c1-7-2-8-4-9(3-7)6-10(5-8)11(20)24-12(13(15,16)17)14(18,19)25(21,22)23/h7-10,12H,2-6H2,1H3,(H,21,22,23). The van der Waals surface area contributed by atoms with Crippen LogP contribution in [0.5, 0.6) is 0 Å². The van der Waals surface area contributed by atoms with Gasteiger partial charge in [-0.25, -0.2) is 0 Å². The van der Waals surface area contributed by atoms with Crippen molar-refractivity contribution in [1.29, 1.82) is 0 Å². The molecule has 2 aliphatic rings. The number of carbonyl (C=O) groups excluding carboxylic acids is 1. The van der Waals surface area contributed by atoms with Crippen molar-refractivity contribution < 1.29 is 44.5 Å². The molecule has 0 radical (unpaired) electrons. The van der Waals surface area contributed by atoms with Gasteiger partial charge in [0.15, 0.2) is 0 Å². The van der Waals surface area contributed by atoms with Crippen LogP contribution in [-0.2, 0) is 19.6 Å². The molecule has 11 heteroatoms. The summed E-state index contributed by atoms with van der Waals surface area (Å²) < 4.78 is 98.9. The second kappa shape index (κ2) is 6.64. The lowest BCUT2D eigenvalue weighted by atomic mass is 9.65. The number of rotatable bonds is 4. The molecule has 0 saturated heterocycles. The number of esters is 1. The monoisotopic (exact) mass is 394 g/mol. The summed E-state index contributed by atoms with van der Waals surface area (Å²) in [6, 6.07) is 0. The molecule has 2 fully saturated rings. The average Bonchev–Trinajstić information content (AvgIpc) is 2.40. The third kappa shape index (κ3) is 4.42. The Balaban J connectivity index is 2.16. The summed E-state index contributed by atoms with van der Waals surface area (Å²) in [5.74, 6) is -1.86. The van der Waals surface area contributed by atoms with Crippen molar-refractivity contribution in [2.75, 3.05) is 0 Å². The highest BCUT2D eigenvalue weighted by atomic mass is 32.2. The maximum atomic E-state index is 13.5. The van der Waals surface area contributed by atoms with Crippen molar-refractivity contribution in [3.8, 4) is 0 Å². The van der Waals surface area contributed by atoms with Crippen LogP contribution < -0.4 is 0 Å². The number of hydrogen-bond acceptors (Lipinski definition) is 4. The van der Waals surface area contributed by atoms with Crippen LogP contribution >= 0.6 is 0 Å². The minimum absolute atomic E-state index is 0.103. The fourth-order valence-electron chi connectivity index (χ4n) is 4.05. The molecule has 0 aromatic carbocycles. The topological polar surface area (TPSA) is 80.7 Å². The van der Waals surface area contributed by atoms with Crippen molar-refractivity contribution in [3.05, 3.63) is 0 Å². The molecule has 2 rings (SSSR count). The van der Waals surface area contributed by atoms with Gasteiger partial charge in [-0.15, -0.1) is 0 Å². The molecular formula is C14H19F5O5S. The van der Waals surface area contributed by atoms with E-state index < -0.39 is 39.5 Å². The van der Waals surface area contributed by atoms with Crippen LogP contribution in [-0.4, -0.2) is 36.5 Å². The Kier molecular flexibility index (Phi) is 5.40. The van der Waals surface area contributed by atoms with Gasteiger partial charge >= 0.3 is 27.5 Å². The van der Waals surface area contributed by atoms with Gasteiger partial charge in [-0.2, -0.15) is 30.4 Å². The summed E-state index contributed by atoms with van der Waals surface area (Å²) in [5.41, 5.74) is 0. The van der Waals surface area contributed by atoms with Gasteiger partial charge in [0.25, 0.3) is 6.10 Å². The van der Waals surface area contributed by atoms with Crippen LogP contribution in [0.2, 0.25) is 0 Å². The second-order valence-corrected chi connectivity index (χ2v) is 8.60. The van der Waals surface area contributed by atoms with Gasteiger partial charge in [0.2, 0.25) is 0 Å². The summed E-state index contributed by atoms with van der Waals surface area (Å²) in [4.78, 5) is 12.0. The minimum Gasteiger partial charge on any atom is -0.444 e.